The number of fused-ring (bicyclic) bond motifs is 3. The van der Waals surface area contributed by atoms with Crippen LogP contribution < -0.4 is 10.4 Å². The second kappa shape index (κ2) is 8.57. The van der Waals surface area contributed by atoms with Gasteiger partial charge in [0.2, 0.25) is 0 Å². The summed E-state index contributed by atoms with van der Waals surface area (Å²) in [6.07, 6.45) is -1.49. The first-order valence-electron chi connectivity index (χ1n) is 9.70. The molecular weight excluding hydrogens is 386 g/mol. The Balaban J connectivity index is 1.64. The molecule has 1 atom stereocenters. The van der Waals surface area contributed by atoms with Crippen LogP contribution in [0, 0.1) is 0 Å². The number of carbonyl (C=O) groups excluding carboxylic acids is 3. The van der Waals surface area contributed by atoms with Crippen molar-refractivity contribution in [3.63, 3.8) is 0 Å². The molecule has 3 rings (SSSR count). The van der Waals surface area contributed by atoms with Gasteiger partial charge in [-0.3, -0.25) is 4.79 Å². The zero-order valence-electron chi connectivity index (χ0n) is 17.1. The number of esters is 1. The second-order valence-corrected chi connectivity index (χ2v) is 8.13. The van der Waals surface area contributed by atoms with Crippen LogP contribution in [0.5, 0.6) is 0 Å². The van der Waals surface area contributed by atoms with Crippen LogP contribution >= 0.6 is 0 Å². The van der Waals surface area contributed by atoms with Crippen LogP contribution in [-0.4, -0.2) is 36.3 Å². The van der Waals surface area contributed by atoms with E-state index in [1.165, 1.54) is 0 Å². The minimum atomic E-state index is -1.59. The van der Waals surface area contributed by atoms with Crippen molar-refractivity contribution < 1.29 is 29.0 Å². The number of aliphatic carboxylic acids is 1. The van der Waals surface area contributed by atoms with E-state index in [2.05, 4.69) is 5.32 Å². The molecule has 30 heavy (non-hydrogen) atoms. The number of hydrogen-bond acceptors (Lipinski definition) is 6. The minimum Gasteiger partial charge on any atom is -0.548 e. The zero-order chi connectivity index (χ0) is 21.9. The maximum absolute atomic E-state index is 12.2. The molecular formula is C23H24NO6-. The predicted octanol–water partition coefficient (Wildman–Crippen LogP) is 2.38. The first kappa shape index (κ1) is 21.4. The number of carbonyl (C=O) groups is 3. The van der Waals surface area contributed by atoms with E-state index in [4.69, 9.17) is 9.47 Å². The Labute approximate surface area is 175 Å². The van der Waals surface area contributed by atoms with Crippen molar-refractivity contribution in [1.29, 1.82) is 0 Å². The van der Waals surface area contributed by atoms with Gasteiger partial charge >= 0.3 is 12.1 Å². The van der Waals surface area contributed by atoms with Gasteiger partial charge in [-0.2, -0.15) is 0 Å². The van der Waals surface area contributed by atoms with E-state index in [1.54, 1.807) is 20.8 Å². The summed E-state index contributed by atoms with van der Waals surface area (Å²) in [7, 11) is 0. The van der Waals surface area contributed by atoms with E-state index in [0.717, 1.165) is 22.3 Å². The molecule has 0 saturated carbocycles. The van der Waals surface area contributed by atoms with Crippen molar-refractivity contribution in [3.8, 4) is 11.1 Å². The quantitative estimate of drug-likeness (QED) is 0.733. The van der Waals surface area contributed by atoms with Crippen molar-refractivity contribution >= 4 is 18.0 Å². The summed E-state index contributed by atoms with van der Waals surface area (Å²) in [6, 6.07) is 14.2. The number of carboxylic acid groups (broad SMARTS) is 1. The number of rotatable bonds is 6. The topological polar surface area (TPSA) is 105 Å². The molecule has 2 aromatic carbocycles. The molecule has 158 valence electrons. The maximum Gasteiger partial charge on any atom is 0.407 e. The van der Waals surface area contributed by atoms with Gasteiger partial charge in [-0.15, -0.1) is 0 Å². The third-order valence-electron chi connectivity index (χ3n) is 4.71. The fraction of sp³-hybridized carbons (Fsp3) is 0.348. The Bertz CT molecular complexity index is 917. The standard InChI is InChI=1S/C23H25NO6/c1-23(2,3)30-20(25)12-19(21(26)27)24-22(28)29-13-18-16-10-6-4-8-14(16)15-9-5-7-11-17(15)18/h4-11,18-19H,12-13H2,1-3H3,(H,24,28)(H,26,27)/p-1/t19-/m0/s1. The van der Waals surface area contributed by atoms with E-state index >= 15 is 0 Å². The number of ether oxygens (including phenoxy) is 2. The summed E-state index contributed by atoms with van der Waals surface area (Å²) < 4.78 is 10.4. The highest BCUT2D eigenvalue weighted by Gasteiger charge is 2.29. The summed E-state index contributed by atoms with van der Waals surface area (Å²) in [6.45, 7) is 5.03. The van der Waals surface area contributed by atoms with Crippen LogP contribution in [0.3, 0.4) is 0 Å². The normalized spacial score (nSPS) is 13.7. The average Bonchev–Trinajstić information content (AvgIpc) is 2.98. The Kier molecular flexibility index (Phi) is 6.10. The van der Waals surface area contributed by atoms with Crippen molar-refractivity contribution in [2.24, 2.45) is 0 Å². The maximum atomic E-state index is 12.2. The first-order valence-corrected chi connectivity index (χ1v) is 9.70. The third kappa shape index (κ3) is 4.97. The fourth-order valence-corrected chi connectivity index (χ4v) is 3.53. The first-order chi connectivity index (χ1) is 14.2. The van der Waals surface area contributed by atoms with Gasteiger partial charge in [-0.25, -0.2) is 4.79 Å². The second-order valence-electron chi connectivity index (χ2n) is 8.13. The highest BCUT2D eigenvalue weighted by Crippen LogP contribution is 2.44. The number of hydrogen-bond donors (Lipinski definition) is 1. The molecule has 2 aromatic rings. The summed E-state index contributed by atoms with van der Waals surface area (Å²) in [5.41, 5.74) is 3.48. The minimum absolute atomic E-state index is 0.0338. The van der Waals surface area contributed by atoms with Crippen LogP contribution in [0.1, 0.15) is 44.2 Å². The molecule has 1 amide bonds. The van der Waals surface area contributed by atoms with Gasteiger partial charge in [-0.1, -0.05) is 48.5 Å². The van der Waals surface area contributed by atoms with Crippen LogP contribution in [0.15, 0.2) is 48.5 Å². The lowest BCUT2D eigenvalue weighted by molar-refractivity contribution is -0.308. The van der Waals surface area contributed by atoms with Crippen molar-refractivity contribution in [2.45, 2.75) is 44.8 Å². The van der Waals surface area contributed by atoms with Gasteiger partial charge < -0.3 is 24.7 Å². The van der Waals surface area contributed by atoms with E-state index in [9.17, 15) is 19.5 Å². The van der Waals surface area contributed by atoms with Gasteiger partial charge in [0.25, 0.3) is 0 Å². The molecule has 0 saturated heterocycles. The summed E-state index contributed by atoms with van der Waals surface area (Å²) in [5.74, 6) is -2.50. The van der Waals surface area contributed by atoms with Crippen LogP contribution in [0.2, 0.25) is 0 Å². The molecule has 7 heteroatoms. The van der Waals surface area contributed by atoms with Crippen molar-refractivity contribution in [2.75, 3.05) is 6.61 Å². The van der Waals surface area contributed by atoms with Gasteiger partial charge in [-0.05, 0) is 43.0 Å². The highest BCUT2D eigenvalue weighted by molar-refractivity contribution is 5.84. The van der Waals surface area contributed by atoms with Crippen LogP contribution in [0.25, 0.3) is 11.1 Å². The summed E-state index contributed by atoms with van der Waals surface area (Å²) in [5, 5.41) is 13.5. The summed E-state index contributed by atoms with van der Waals surface area (Å²) in [4.78, 5) is 35.5. The van der Waals surface area contributed by atoms with Crippen LogP contribution in [-0.2, 0) is 19.1 Å². The number of benzene rings is 2. The van der Waals surface area contributed by atoms with Gasteiger partial charge in [0, 0.05) is 5.92 Å². The molecule has 0 fully saturated rings. The van der Waals surface area contributed by atoms with Gasteiger partial charge in [0.15, 0.2) is 0 Å². The lowest BCUT2D eigenvalue weighted by Crippen LogP contribution is -2.49. The largest absolute Gasteiger partial charge is 0.548 e. The van der Waals surface area contributed by atoms with Crippen molar-refractivity contribution in [3.05, 3.63) is 59.7 Å². The van der Waals surface area contributed by atoms with E-state index in [0.29, 0.717) is 0 Å². The lowest BCUT2D eigenvalue weighted by Gasteiger charge is -2.23. The number of amides is 1. The number of nitrogens with one attached hydrogen (secondary N) is 1. The Morgan fingerprint density at radius 2 is 1.53 bits per heavy atom. The molecule has 0 unspecified atom stereocenters. The molecule has 0 heterocycles. The fourth-order valence-electron chi connectivity index (χ4n) is 3.53. The Hall–Kier alpha value is -3.35. The molecule has 7 nitrogen and oxygen atoms in total. The molecule has 1 aliphatic carbocycles. The monoisotopic (exact) mass is 410 g/mol. The molecule has 0 radical (unpaired) electrons. The average molecular weight is 410 g/mol. The van der Waals surface area contributed by atoms with Crippen LogP contribution in [0.4, 0.5) is 4.79 Å². The van der Waals surface area contributed by atoms with Gasteiger partial charge in [0.1, 0.15) is 12.2 Å². The zero-order valence-corrected chi connectivity index (χ0v) is 17.1. The molecule has 0 bridgehead atoms. The Morgan fingerprint density at radius 1 is 1.00 bits per heavy atom. The molecule has 0 aliphatic heterocycles. The smallest absolute Gasteiger partial charge is 0.407 e. The number of alkyl carbamates (subject to hydrolysis) is 1. The molecule has 0 aromatic heterocycles. The van der Waals surface area contributed by atoms with Gasteiger partial charge in [0.05, 0.1) is 18.4 Å². The van der Waals surface area contributed by atoms with E-state index in [1.807, 2.05) is 48.5 Å². The van der Waals surface area contributed by atoms with Crippen molar-refractivity contribution in [1.82, 2.24) is 5.32 Å². The molecule has 1 aliphatic rings. The third-order valence-corrected chi connectivity index (χ3v) is 4.71. The lowest BCUT2D eigenvalue weighted by atomic mass is 9.98. The number of carboxylic acids is 1. The highest BCUT2D eigenvalue weighted by atomic mass is 16.6. The summed E-state index contributed by atoms with van der Waals surface area (Å²) >= 11 is 0. The predicted molar refractivity (Wildman–Crippen MR) is 107 cm³/mol. The Morgan fingerprint density at radius 3 is 2.03 bits per heavy atom. The molecule has 0 spiro atoms. The molecule has 1 N–H and O–H groups in total. The van der Waals surface area contributed by atoms with E-state index < -0.39 is 36.1 Å². The SMILES string of the molecule is CC(C)(C)OC(=O)C[C@H](NC(=O)OCC1c2ccccc2-c2ccccc21)C(=O)[O-]. The van der Waals surface area contributed by atoms with E-state index in [-0.39, 0.29) is 12.5 Å².